The van der Waals surface area contributed by atoms with E-state index < -0.39 is 0 Å². The fraction of sp³-hybridized carbons (Fsp3) is 0.250. The lowest BCUT2D eigenvalue weighted by Gasteiger charge is -2.06. The number of hydrogen-bond acceptors (Lipinski definition) is 2. The third-order valence-corrected chi connectivity index (χ3v) is 2.52. The Kier molecular flexibility index (Phi) is 2.32. The first kappa shape index (κ1) is 9.93. The van der Waals surface area contributed by atoms with Crippen molar-refractivity contribution in [2.75, 3.05) is 0 Å². The van der Waals surface area contributed by atoms with Crippen LogP contribution in [-0.2, 0) is 0 Å². The highest BCUT2D eigenvalue weighted by molar-refractivity contribution is 5.79. The minimum atomic E-state index is -0.237. The molecule has 0 aliphatic heterocycles. The number of rotatable bonds is 1. The highest BCUT2D eigenvalue weighted by Crippen LogP contribution is 2.15. The minimum absolute atomic E-state index is 0.0944. The second-order valence-electron chi connectivity index (χ2n) is 3.93. The molecule has 3 heteroatoms. The fourth-order valence-corrected chi connectivity index (χ4v) is 1.67. The third-order valence-electron chi connectivity index (χ3n) is 2.52. The molecule has 15 heavy (non-hydrogen) atoms. The number of aromatic amines is 1. The van der Waals surface area contributed by atoms with Crippen molar-refractivity contribution in [3.63, 3.8) is 0 Å². The monoisotopic (exact) mass is 202 g/mol. The maximum atomic E-state index is 11.7. The summed E-state index contributed by atoms with van der Waals surface area (Å²) in [6, 6.07) is 7.59. The number of aryl methyl sites for hydroxylation is 1. The number of nitrogens with one attached hydrogen (secondary N) is 1. The first-order valence-electron chi connectivity index (χ1n) is 4.97. The predicted octanol–water partition coefficient (Wildman–Crippen LogP) is 1.86. The van der Waals surface area contributed by atoms with Crippen LogP contribution < -0.4 is 11.3 Å². The third kappa shape index (κ3) is 1.78. The van der Waals surface area contributed by atoms with E-state index in [1.165, 1.54) is 0 Å². The second kappa shape index (κ2) is 3.51. The molecular formula is C12H14N2O. The van der Waals surface area contributed by atoms with Gasteiger partial charge in [0.05, 0.1) is 0 Å². The molecule has 0 spiro atoms. The number of H-pyrrole nitrogens is 1. The van der Waals surface area contributed by atoms with Crippen molar-refractivity contribution in [1.82, 2.24) is 4.98 Å². The lowest BCUT2D eigenvalue weighted by atomic mass is 10.1. The number of fused-ring (bicyclic) bond motifs is 1. The van der Waals surface area contributed by atoms with Crippen LogP contribution in [0.1, 0.15) is 24.1 Å². The van der Waals surface area contributed by atoms with Gasteiger partial charge in [0.2, 0.25) is 0 Å². The lowest BCUT2D eigenvalue weighted by molar-refractivity contribution is 0.804. The van der Waals surface area contributed by atoms with Crippen LogP contribution in [-0.4, -0.2) is 4.98 Å². The van der Waals surface area contributed by atoms with Crippen LogP contribution in [0.25, 0.3) is 10.9 Å². The smallest absolute Gasteiger partial charge is 0.253 e. The molecule has 0 radical (unpaired) electrons. The van der Waals surface area contributed by atoms with E-state index in [1.54, 1.807) is 0 Å². The maximum Gasteiger partial charge on any atom is 0.253 e. The Morgan fingerprint density at radius 3 is 2.73 bits per heavy atom. The average molecular weight is 202 g/mol. The molecule has 1 atom stereocenters. The number of hydrogen-bond donors (Lipinski definition) is 2. The summed E-state index contributed by atoms with van der Waals surface area (Å²) in [6.45, 7) is 3.81. The molecule has 3 nitrogen and oxygen atoms in total. The SMILES string of the molecule is Cc1ccc2cc(C(C)N)c(=O)[nH]c2c1. The molecule has 0 saturated heterocycles. The standard InChI is InChI=1S/C12H14N2O/c1-7-3-4-9-6-10(8(2)13)12(15)14-11(9)5-7/h3-6,8H,13H2,1-2H3,(H,14,15). The number of pyridine rings is 1. The number of nitrogens with two attached hydrogens (primary N) is 1. The van der Waals surface area contributed by atoms with E-state index in [0.717, 1.165) is 16.5 Å². The number of aromatic nitrogens is 1. The predicted molar refractivity (Wildman–Crippen MR) is 61.9 cm³/mol. The van der Waals surface area contributed by atoms with E-state index in [1.807, 2.05) is 38.1 Å². The van der Waals surface area contributed by atoms with Crippen molar-refractivity contribution in [1.29, 1.82) is 0 Å². The van der Waals surface area contributed by atoms with Gasteiger partial charge in [0.25, 0.3) is 5.56 Å². The van der Waals surface area contributed by atoms with Gasteiger partial charge < -0.3 is 10.7 Å². The summed E-state index contributed by atoms with van der Waals surface area (Å²) in [7, 11) is 0. The molecule has 2 aromatic rings. The zero-order valence-corrected chi connectivity index (χ0v) is 8.87. The van der Waals surface area contributed by atoms with E-state index in [2.05, 4.69) is 4.98 Å². The van der Waals surface area contributed by atoms with Gasteiger partial charge in [-0.1, -0.05) is 12.1 Å². The molecule has 0 aliphatic rings. The molecule has 2 rings (SSSR count). The van der Waals surface area contributed by atoms with Crippen LogP contribution in [0.5, 0.6) is 0 Å². The molecule has 1 heterocycles. The fourth-order valence-electron chi connectivity index (χ4n) is 1.67. The quantitative estimate of drug-likeness (QED) is 0.741. The molecule has 1 aromatic carbocycles. The Hall–Kier alpha value is -1.61. The van der Waals surface area contributed by atoms with Crippen LogP contribution in [0, 0.1) is 6.92 Å². The Bertz CT molecular complexity index is 555. The summed E-state index contributed by atoms with van der Waals surface area (Å²) >= 11 is 0. The summed E-state index contributed by atoms with van der Waals surface area (Å²) in [6.07, 6.45) is 0. The van der Waals surface area contributed by atoms with Gasteiger partial charge in [0.15, 0.2) is 0 Å². The average Bonchev–Trinajstić information content (AvgIpc) is 2.15. The van der Waals surface area contributed by atoms with Crippen molar-refractivity contribution < 1.29 is 0 Å². The van der Waals surface area contributed by atoms with Gasteiger partial charge in [-0.2, -0.15) is 0 Å². The molecule has 78 valence electrons. The van der Waals surface area contributed by atoms with Gasteiger partial charge >= 0.3 is 0 Å². The Morgan fingerprint density at radius 1 is 1.33 bits per heavy atom. The van der Waals surface area contributed by atoms with Gasteiger partial charge in [-0.05, 0) is 36.9 Å². The van der Waals surface area contributed by atoms with E-state index in [4.69, 9.17) is 5.73 Å². The van der Waals surface area contributed by atoms with Crippen molar-refractivity contribution >= 4 is 10.9 Å². The molecule has 0 amide bonds. The molecule has 1 unspecified atom stereocenters. The Labute approximate surface area is 87.9 Å². The van der Waals surface area contributed by atoms with Crippen LogP contribution in [0.15, 0.2) is 29.1 Å². The van der Waals surface area contributed by atoms with Gasteiger partial charge in [-0.25, -0.2) is 0 Å². The van der Waals surface area contributed by atoms with E-state index in [-0.39, 0.29) is 11.6 Å². The van der Waals surface area contributed by atoms with Gasteiger partial charge in [0.1, 0.15) is 0 Å². The lowest BCUT2D eigenvalue weighted by Crippen LogP contribution is -2.19. The Balaban J connectivity index is 2.76. The van der Waals surface area contributed by atoms with Gasteiger partial charge in [-0.3, -0.25) is 4.79 Å². The van der Waals surface area contributed by atoms with Crippen molar-refractivity contribution in [2.45, 2.75) is 19.9 Å². The first-order chi connectivity index (χ1) is 7.08. The highest BCUT2D eigenvalue weighted by atomic mass is 16.1. The second-order valence-corrected chi connectivity index (χ2v) is 3.93. The van der Waals surface area contributed by atoms with Crippen LogP contribution >= 0.6 is 0 Å². The van der Waals surface area contributed by atoms with Crippen molar-refractivity contribution in [3.05, 3.63) is 45.7 Å². The molecule has 1 aromatic heterocycles. The molecule has 0 fully saturated rings. The normalized spacial score (nSPS) is 13.0. The zero-order valence-electron chi connectivity index (χ0n) is 8.87. The zero-order chi connectivity index (χ0) is 11.0. The van der Waals surface area contributed by atoms with Crippen molar-refractivity contribution in [3.8, 4) is 0 Å². The summed E-state index contributed by atoms with van der Waals surface area (Å²) in [5, 5.41) is 1.02. The molecule has 3 N–H and O–H groups in total. The largest absolute Gasteiger partial charge is 0.324 e. The van der Waals surface area contributed by atoms with E-state index in [9.17, 15) is 4.79 Å². The van der Waals surface area contributed by atoms with E-state index >= 15 is 0 Å². The molecular weight excluding hydrogens is 188 g/mol. The topological polar surface area (TPSA) is 58.9 Å². The highest BCUT2D eigenvalue weighted by Gasteiger charge is 2.06. The maximum absolute atomic E-state index is 11.7. The van der Waals surface area contributed by atoms with Gasteiger partial charge in [0, 0.05) is 17.1 Å². The summed E-state index contributed by atoms with van der Waals surface area (Å²) in [4.78, 5) is 14.5. The first-order valence-corrected chi connectivity index (χ1v) is 4.97. The van der Waals surface area contributed by atoms with Crippen molar-refractivity contribution in [2.24, 2.45) is 5.73 Å². The summed E-state index contributed by atoms with van der Waals surface area (Å²) in [5.41, 5.74) is 8.25. The van der Waals surface area contributed by atoms with Crippen LogP contribution in [0.3, 0.4) is 0 Å². The molecule has 0 aliphatic carbocycles. The Morgan fingerprint density at radius 2 is 2.07 bits per heavy atom. The number of benzene rings is 1. The minimum Gasteiger partial charge on any atom is -0.324 e. The molecule has 0 bridgehead atoms. The van der Waals surface area contributed by atoms with E-state index in [0.29, 0.717) is 5.56 Å². The summed E-state index contributed by atoms with van der Waals surface area (Å²) in [5.74, 6) is 0. The van der Waals surface area contributed by atoms with Gasteiger partial charge in [-0.15, -0.1) is 0 Å². The van der Waals surface area contributed by atoms with Crippen LogP contribution in [0.2, 0.25) is 0 Å². The van der Waals surface area contributed by atoms with Crippen LogP contribution in [0.4, 0.5) is 0 Å². The summed E-state index contributed by atoms with van der Waals surface area (Å²) < 4.78 is 0. The molecule has 0 saturated carbocycles.